The van der Waals surface area contributed by atoms with Gasteiger partial charge in [0, 0.05) is 16.5 Å². The average molecular weight is 496 g/mol. The van der Waals surface area contributed by atoms with Crippen LogP contribution in [0.4, 0.5) is 0 Å². The molecule has 0 saturated carbocycles. The summed E-state index contributed by atoms with van der Waals surface area (Å²) in [5.74, 6) is 0. The van der Waals surface area contributed by atoms with E-state index in [0.717, 1.165) is 38.4 Å². The highest BCUT2D eigenvalue weighted by atomic mass is 16.3. The molecular formula is C34H17B5O. The Morgan fingerprint density at radius 3 is 1.48 bits per heavy atom. The third-order valence-corrected chi connectivity index (χ3v) is 7.82. The molecule has 0 amide bonds. The van der Waals surface area contributed by atoms with Crippen molar-refractivity contribution in [2.45, 2.75) is 0 Å². The lowest BCUT2D eigenvalue weighted by molar-refractivity contribution is 0.617. The predicted molar refractivity (Wildman–Crippen MR) is 174 cm³/mol. The summed E-state index contributed by atoms with van der Waals surface area (Å²) in [5.41, 5.74) is 7.77. The van der Waals surface area contributed by atoms with Crippen LogP contribution in [0.25, 0.3) is 65.9 Å². The minimum atomic E-state index is 0.195. The molecule has 1 nitrogen and oxygen atoms in total. The Morgan fingerprint density at radius 2 is 0.900 bits per heavy atom. The van der Waals surface area contributed by atoms with E-state index in [1.807, 2.05) is 30.5 Å². The van der Waals surface area contributed by atoms with Crippen LogP contribution in [0.3, 0.4) is 0 Å². The SMILES string of the molecule is [B]c1c([B])c([B])c(-c2ccc3occ(-c4c5ccccc5c(-c5ccccc5)c5ccccc45)c3c2)c([B])c1[B]. The molecule has 0 spiro atoms. The van der Waals surface area contributed by atoms with Crippen molar-refractivity contribution >= 4 is 99.1 Å². The molecule has 0 aliphatic carbocycles. The van der Waals surface area contributed by atoms with Crippen molar-refractivity contribution in [1.82, 2.24) is 0 Å². The van der Waals surface area contributed by atoms with E-state index < -0.39 is 0 Å². The van der Waals surface area contributed by atoms with Gasteiger partial charge in [0.2, 0.25) is 0 Å². The van der Waals surface area contributed by atoms with E-state index in [-0.39, 0.29) is 16.4 Å². The largest absolute Gasteiger partial charge is 0.464 e. The second-order valence-corrected chi connectivity index (χ2v) is 10.0. The van der Waals surface area contributed by atoms with E-state index in [9.17, 15) is 0 Å². The number of hydrogen-bond acceptors (Lipinski definition) is 1. The second kappa shape index (κ2) is 9.42. The zero-order chi connectivity index (χ0) is 27.5. The molecule has 6 aromatic carbocycles. The van der Waals surface area contributed by atoms with Gasteiger partial charge in [-0.05, 0) is 55.9 Å². The van der Waals surface area contributed by atoms with Crippen LogP contribution in [-0.4, -0.2) is 39.2 Å². The summed E-state index contributed by atoms with van der Waals surface area (Å²) < 4.78 is 6.10. The summed E-state index contributed by atoms with van der Waals surface area (Å²) >= 11 is 0. The minimum absolute atomic E-state index is 0.195. The fourth-order valence-electron chi connectivity index (χ4n) is 5.87. The van der Waals surface area contributed by atoms with Crippen molar-refractivity contribution < 1.29 is 4.42 Å². The molecule has 0 unspecified atom stereocenters. The first kappa shape index (κ1) is 24.7. The van der Waals surface area contributed by atoms with Gasteiger partial charge >= 0.3 is 0 Å². The highest BCUT2D eigenvalue weighted by Gasteiger charge is 2.20. The molecule has 0 aliphatic heterocycles. The van der Waals surface area contributed by atoms with Crippen LogP contribution >= 0.6 is 0 Å². The summed E-state index contributed by atoms with van der Waals surface area (Å²) in [6.07, 6.45) is 1.82. The van der Waals surface area contributed by atoms with Gasteiger partial charge in [-0.3, -0.25) is 0 Å². The Balaban J connectivity index is 1.57. The van der Waals surface area contributed by atoms with Crippen molar-refractivity contribution in [3.05, 3.63) is 103 Å². The molecule has 0 bridgehead atoms. The van der Waals surface area contributed by atoms with Gasteiger partial charge in [0.05, 0.1) is 6.26 Å². The maximum absolute atomic E-state index is 6.41. The molecule has 0 aliphatic rings. The Hall–Kier alpha value is -4.30. The predicted octanol–water partition coefficient (Wildman–Crippen LogP) is 3.71. The Kier molecular flexibility index (Phi) is 5.82. The third kappa shape index (κ3) is 3.63. The topological polar surface area (TPSA) is 13.1 Å². The molecule has 6 heteroatoms. The van der Waals surface area contributed by atoms with Gasteiger partial charge in [0.1, 0.15) is 44.8 Å². The molecule has 0 atom stereocenters. The van der Waals surface area contributed by atoms with Crippen molar-refractivity contribution in [3.63, 3.8) is 0 Å². The van der Waals surface area contributed by atoms with E-state index in [1.165, 1.54) is 21.9 Å². The molecule has 0 fully saturated rings. The monoisotopic (exact) mass is 496 g/mol. The summed E-state index contributed by atoms with van der Waals surface area (Å²) in [6, 6.07) is 33.4. The molecule has 174 valence electrons. The fourth-order valence-corrected chi connectivity index (χ4v) is 5.87. The van der Waals surface area contributed by atoms with E-state index in [1.54, 1.807) is 0 Å². The quantitative estimate of drug-likeness (QED) is 0.269. The maximum Gasteiger partial charge on any atom is 0.134 e. The zero-order valence-electron chi connectivity index (χ0n) is 21.6. The van der Waals surface area contributed by atoms with Crippen molar-refractivity contribution in [3.8, 4) is 33.4 Å². The van der Waals surface area contributed by atoms with Crippen LogP contribution in [0.5, 0.6) is 0 Å². The molecular weight excluding hydrogens is 478 g/mol. The zero-order valence-corrected chi connectivity index (χ0v) is 21.6. The smallest absolute Gasteiger partial charge is 0.134 e. The van der Waals surface area contributed by atoms with Crippen molar-refractivity contribution in [2.75, 3.05) is 0 Å². The van der Waals surface area contributed by atoms with Crippen molar-refractivity contribution in [1.29, 1.82) is 0 Å². The van der Waals surface area contributed by atoms with Crippen LogP contribution in [-0.2, 0) is 0 Å². The molecule has 7 aromatic rings. The first-order valence-corrected chi connectivity index (χ1v) is 13.0. The molecule has 1 aromatic heterocycles. The number of hydrogen-bond donors (Lipinski definition) is 0. The highest BCUT2D eigenvalue weighted by molar-refractivity contribution is 6.68. The van der Waals surface area contributed by atoms with E-state index in [4.69, 9.17) is 43.6 Å². The molecule has 0 saturated heterocycles. The van der Waals surface area contributed by atoms with Crippen LogP contribution < -0.4 is 27.3 Å². The lowest BCUT2D eigenvalue weighted by Crippen LogP contribution is -2.55. The summed E-state index contributed by atoms with van der Waals surface area (Å²) in [5, 5.41) is 5.52. The van der Waals surface area contributed by atoms with Crippen LogP contribution in [0.2, 0.25) is 0 Å². The number of furan rings is 1. The first-order chi connectivity index (χ1) is 19.5. The molecule has 0 N–H and O–H groups in total. The Labute approximate surface area is 239 Å². The van der Waals surface area contributed by atoms with Gasteiger partial charge in [-0.25, -0.2) is 0 Å². The van der Waals surface area contributed by atoms with E-state index in [0.29, 0.717) is 16.5 Å². The summed E-state index contributed by atoms with van der Waals surface area (Å²) in [4.78, 5) is 0. The number of rotatable bonds is 3. The lowest BCUT2D eigenvalue weighted by Gasteiger charge is -2.21. The Morgan fingerprint density at radius 1 is 0.400 bits per heavy atom. The fraction of sp³-hybridized carbons (Fsp3) is 0. The first-order valence-electron chi connectivity index (χ1n) is 13.0. The van der Waals surface area contributed by atoms with Gasteiger partial charge in [-0.15, -0.1) is 16.4 Å². The van der Waals surface area contributed by atoms with Gasteiger partial charge < -0.3 is 4.42 Å². The van der Waals surface area contributed by atoms with Crippen LogP contribution in [0.15, 0.2) is 108 Å². The number of fused-ring (bicyclic) bond motifs is 3. The summed E-state index contributed by atoms with van der Waals surface area (Å²) in [6.45, 7) is 0. The summed E-state index contributed by atoms with van der Waals surface area (Å²) in [7, 11) is 31.2. The van der Waals surface area contributed by atoms with Crippen molar-refractivity contribution in [2.24, 2.45) is 0 Å². The van der Waals surface area contributed by atoms with Crippen LogP contribution in [0.1, 0.15) is 0 Å². The van der Waals surface area contributed by atoms with Gasteiger partial charge in [0.15, 0.2) is 0 Å². The maximum atomic E-state index is 6.41. The normalized spacial score (nSPS) is 11.5. The second-order valence-electron chi connectivity index (χ2n) is 10.0. The van der Waals surface area contributed by atoms with Gasteiger partial charge in [-0.2, -0.15) is 0 Å². The minimum Gasteiger partial charge on any atom is -0.464 e. The number of benzene rings is 6. The third-order valence-electron chi connectivity index (χ3n) is 7.82. The standard InChI is InChI=1S/C34H17B5O/c35-30-28(31(36)33(38)34(39)32(30)37)19-14-15-26-24(16-19)25(17-40-26)29-22-12-6-4-10-20(22)27(18-8-2-1-3-9-18)21-11-5-7-13-23(21)29/h1-17H. The highest BCUT2D eigenvalue weighted by Crippen LogP contribution is 2.45. The average Bonchev–Trinajstić information content (AvgIpc) is 3.41. The molecule has 1 heterocycles. The Bertz CT molecular complexity index is 2030. The lowest BCUT2D eigenvalue weighted by atomic mass is 9.59. The molecule has 7 rings (SSSR count). The van der Waals surface area contributed by atoms with Gasteiger partial charge in [0.25, 0.3) is 0 Å². The molecule has 10 radical (unpaired) electrons. The van der Waals surface area contributed by atoms with Gasteiger partial charge in [-0.1, -0.05) is 95.9 Å². The van der Waals surface area contributed by atoms with E-state index in [2.05, 4.69) is 72.8 Å². The van der Waals surface area contributed by atoms with Crippen LogP contribution in [0, 0.1) is 0 Å². The van der Waals surface area contributed by atoms with E-state index >= 15 is 0 Å². The molecule has 40 heavy (non-hydrogen) atoms.